The van der Waals surface area contributed by atoms with Crippen LogP contribution in [0.25, 0.3) is 0 Å². The highest BCUT2D eigenvalue weighted by molar-refractivity contribution is 6.13. The average Bonchev–Trinajstić information content (AvgIpc) is 3.01. The molecule has 0 atom stereocenters. The van der Waals surface area contributed by atoms with Crippen LogP contribution in [-0.2, 0) is 20.8 Å². The highest BCUT2D eigenvalue weighted by Crippen LogP contribution is 2.40. The third-order valence-corrected chi connectivity index (χ3v) is 6.28. The molecule has 2 aromatic carbocycles. The van der Waals surface area contributed by atoms with Crippen molar-refractivity contribution in [3.05, 3.63) is 71.4 Å². The standard InChI is InChI=1S/C28H33N5O5/c1-32-23-8-6-5-7-21(23)28(35)33(2)25-17-30-26(16-24(25)32)31-22-10-9-19(15-20(22)18-37-4)27(34)29-11-12-38-14-13-36-3/h5-10,15-17H,11-14,18H2,1-4H3,(H,29,34)(H,30,31). The van der Waals surface area contributed by atoms with E-state index in [-0.39, 0.29) is 11.8 Å². The van der Waals surface area contributed by atoms with Crippen molar-refractivity contribution >= 4 is 40.4 Å². The van der Waals surface area contributed by atoms with Crippen molar-refractivity contribution in [3.63, 3.8) is 0 Å². The van der Waals surface area contributed by atoms with Crippen LogP contribution in [0.5, 0.6) is 0 Å². The molecule has 10 nitrogen and oxygen atoms in total. The zero-order valence-corrected chi connectivity index (χ0v) is 22.1. The number of ether oxygens (including phenoxy) is 3. The molecular formula is C28H33N5O5. The van der Waals surface area contributed by atoms with Crippen LogP contribution in [0.15, 0.2) is 54.7 Å². The van der Waals surface area contributed by atoms with E-state index in [2.05, 4.69) is 15.6 Å². The van der Waals surface area contributed by atoms with E-state index in [0.29, 0.717) is 55.6 Å². The minimum atomic E-state index is -0.194. The Kier molecular flexibility index (Phi) is 8.90. The van der Waals surface area contributed by atoms with E-state index in [1.54, 1.807) is 44.5 Å². The van der Waals surface area contributed by atoms with Gasteiger partial charge < -0.3 is 34.6 Å². The summed E-state index contributed by atoms with van der Waals surface area (Å²) in [5, 5.41) is 6.21. The smallest absolute Gasteiger partial charge is 0.260 e. The Morgan fingerprint density at radius 3 is 2.53 bits per heavy atom. The van der Waals surface area contributed by atoms with Gasteiger partial charge in [0.25, 0.3) is 11.8 Å². The zero-order valence-electron chi connectivity index (χ0n) is 22.1. The van der Waals surface area contributed by atoms with Crippen LogP contribution in [0, 0.1) is 0 Å². The number of hydrogen-bond donors (Lipinski definition) is 2. The number of nitrogens with one attached hydrogen (secondary N) is 2. The molecule has 1 aliphatic rings. The lowest BCUT2D eigenvalue weighted by Crippen LogP contribution is -2.27. The van der Waals surface area contributed by atoms with Crippen LogP contribution in [0.4, 0.5) is 28.6 Å². The number of para-hydroxylation sites is 1. The molecule has 4 rings (SSSR count). The number of rotatable bonds is 11. The summed E-state index contributed by atoms with van der Waals surface area (Å²) in [5.74, 6) is 0.311. The number of carbonyl (C=O) groups excluding carboxylic acids is 2. The molecule has 0 fully saturated rings. The molecule has 10 heteroatoms. The number of benzene rings is 2. The van der Waals surface area contributed by atoms with Crippen molar-refractivity contribution in [2.75, 3.05) is 69.8 Å². The number of nitrogens with zero attached hydrogens (tertiary/aromatic N) is 3. The second-order valence-electron chi connectivity index (χ2n) is 8.79. The fourth-order valence-corrected chi connectivity index (χ4v) is 4.25. The van der Waals surface area contributed by atoms with Gasteiger partial charge in [-0.3, -0.25) is 9.59 Å². The van der Waals surface area contributed by atoms with Gasteiger partial charge in [0.1, 0.15) is 5.82 Å². The van der Waals surface area contributed by atoms with Gasteiger partial charge in [0.15, 0.2) is 0 Å². The lowest BCUT2D eigenvalue weighted by atomic mass is 10.1. The predicted molar refractivity (Wildman–Crippen MR) is 147 cm³/mol. The van der Waals surface area contributed by atoms with Gasteiger partial charge in [0, 0.05) is 57.7 Å². The number of anilines is 5. The molecule has 0 aliphatic carbocycles. The van der Waals surface area contributed by atoms with Gasteiger partial charge in [-0.05, 0) is 30.3 Å². The van der Waals surface area contributed by atoms with E-state index in [0.717, 1.165) is 22.6 Å². The molecule has 0 saturated carbocycles. The lowest BCUT2D eigenvalue weighted by Gasteiger charge is -2.23. The normalized spacial score (nSPS) is 12.6. The van der Waals surface area contributed by atoms with Gasteiger partial charge in [-0.2, -0.15) is 0 Å². The van der Waals surface area contributed by atoms with E-state index >= 15 is 0 Å². The van der Waals surface area contributed by atoms with Crippen LogP contribution in [0.2, 0.25) is 0 Å². The molecule has 1 aromatic heterocycles. The molecule has 2 heterocycles. The number of pyridine rings is 1. The average molecular weight is 520 g/mol. The van der Waals surface area contributed by atoms with E-state index in [9.17, 15) is 9.59 Å². The molecular weight excluding hydrogens is 486 g/mol. The molecule has 0 spiro atoms. The Morgan fingerprint density at radius 1 is 0.921 bits per heavy atom. The highest BCUT2D eigenvalue weighted by Gasteiger charge is 2.27. The maximum Gasteiger partial charge on any atom is 0.260 e. The number of carbonyl (C=O) groups is 2. The first-order valence-corrected chi connectivity index (χ1v) is 12.3. The van der Waals surface area contributed by atoms with Crippen LogP contribution in [0.1, 0.15) is 26.3 Å². The molecule has 200 valence electrons. The Morgan fingerprint density at radius 2 is 1.74 bits per heavy atom. The van der Waals surface area contributed by atoms with Gasteiger partial charge in [-0.25, -0.2) is 4.98 Å². The zero-order chi connectivity index (χ0) is 27.1. The molecule has 1 aliphatic heterocycles. The first-order valence-electron chi connectivity index (χ1n) is 12.3. The highest BCUT2D eigenvalue weighted by atomic mass is 16.5. The van der Waals surface area contributed by atoms with Crippen LogP contribution in [0.3, 0.4) is 0 Å². The maximum absolute atomic E-state index is 13.0. The predicted octanol–water partition coefficient (Wildman–Crippen LogP) is 3.72. The van der Waals surface area contributed by atoms with Crippen molar-refractivity contribution in [1.29, 1.82) is 0 Å². The van der Waals surface area contributed by atoms with Crippen LogP contribution < -0.4 is 20.4 Å². The first-order chi connectivity index (χ1) is 18.4. The van der Waals surface area contributed by atoms with Crippen LogP contribution >= 0.6 is 0 Å². The van der Waals surface area contributed by atoms with Crippen molar-refractivity contribution in [2.24, 2.45) is 0 Å². The van der Waals surface area contributed by atoms with Crippen LogP contribution in [-0.4, -0.2) is 71.5 Å². The summed E-state index contributed by atoms with van der Waals surface area (Å²) >= 11 is 0. The topological polar surface area (TPSA) is 105 Å². The van der Waals surface area contributed by atoms with Gasteiger partial charge >= 0.3 is 0 Å². The summed E-state index contributed by atoms with van der Waals surface area (Å²) in [6.07, 6.45) is 1.68. The fraction of sp³-hybridized carbons (Fsp3) is 0.321. The minimum absolute atomic E-state index is 0.0912. The van der Waals surface area contributed by atoms with Crippen molar-refractivity contribution < 1.29 is 23.8 Å². The van der Waals surface area contributed by atoms with Crippen molar-refractivity contribution in [1.82, 2.24) is 10.3 Å². The number of amides is 2. The summed E-state index contributed by atoms with van der Waals surface area (Å²) in [5.41, 5.74) is 5.07. The summed E-state index contributed by atoms with van der Waals surface area (Å²) < 4.78 is 15.7. The van der Waals surface area contributed by atoms with Crippen molar-refractivity contribution in [2.45, 2.75) is 6.61 Å². The largest absolute Gasteiger partial charge is 0.382 e. The minimum Gasteiger partial charge on any atom is -0.382 e. The van der Waals surface area contributed by atoms with Gasteiger partial charge in [-0.1, -0.05) is 12.1 Å². The third kappa shape index (κ3) is 5.94. The Labute approximate surface area is 222 Å². The number of fused-ring (bicyclic) bond motifs is 2. The maximum atomic E-state index is 13.0. The van der Waals surface area contributed by atoms with Crippen molar-refractivity contribution in [3.8, 4) is 0 Å². The Balaban J connectivity index is 1.53. The Hall–Kier alpha value is -3.99. The second kappa shape index (κ2) is 12.5. The van der Waals surface area contributed by atoms with Gasteiger partial charge in [0.2, 0.25) is 0 Å². The summed E-state index contributed by atoms with van der Waals surface area (Å²) in [6, 6.07) is 14.8. The summed E-state index contributed by atoms with van der Waals surface area (Å²) in [6.45, 7) is 2.10. The van der Waals surface area contributed by atoms with Gasteiger partial charge in [0.05, 0.1) is 55.2 Å². The quantitative estimate of drug-likeness (QED) is 0.370. The molecule has 0 radical (unpaired) electrons. The number of hydrogen-bond acceptors (Lipinski definition) is 8. The molecule has 2 amide bonds. The molecule has 3 aromatic rings. The second-order valence-corrected chi connectivity index (χ2v) is 8.79. The third-order valence-electron chi connectivity index (χ3n) is 6.28. The number of aromatic nitrogens is 1. The number of methoxy groups -OCH3 is 2. The molecule has 0 unspecified atom stereocenters. The monoisotopic (exact) mass is 519 g/mol. The van der Waals surface area contributed by atoms with E-state index in [1.807, 2.05) is 48.3 Å². The van der Waals surface area contributed by atoms with E-state index in [1.165, 1.54) is 0 Å². The first kappa shape index (κ1) is 27.1. The van der Waals surface area contributed by atoms with Gasteiger partial charge in [-0.15, -0.1) is 0 Å². The fourth-order valence-electron chi connectivity index (χ4n) is 4.25. The summed E-state index contributed by atoms with van der Waals surface area (Å²) in [7, 11) is 6.90. The van der Waals surface area contributed by atoms with E-state index in [4.69, 9.17) is 14.2 Å². The Bertz CT molecular complexity index is 1300. The van der Waals surface area contributed by atoms with E-state index < -0.39 is 0 Å². The lowest BCUT2D eigenvalue weighted by molar-refractivity contribution is 0.0692. The summed E-state index contributed by atoms with van der Waals surface area (Å²) in [4.78, 5) is 33.9. The molecule has 2 N–H and O–H groups in total. The molecule has 0 bridgehead atoms. The molecule has 0 saturated heterocycles. The SMILES string of the molecule is COCCOCCNC(=O)c1ccc(Nc2cc3c(cn2)N(C)C(=O)c2ccccc2N3C)c(COC)c1. The molecule has 38 heavy (non-hydrogen) atoms.